The Morgan fingerprint density at radius 1 is 1.48 bits per heavy atom. The minimum absolute atomic E-state index is 0.0295. The van der Waals surface area contributed by atoms with Crippen LogP contribution in [0.4, 0.5) is 0 Å². The van der Waals surface area contributed by atoms with E-state index in [9.17, 15) is 15.0 Å². The molecule has 1 heterocycles. The van der Waals surface area contributed by atoms with Crippen molar-refractivity contribution in [3.63, 3.8) is 0 Å². The van der Waals surface area contributed by atoms with Crippen LogP contribution in [-0.2, 0) is 16.0 Å². The molecule has 0 spiro atoms. The topological polar surface area (TPSA) is 76.0 Å². The van der Waals surface area contributed by atoms with Crippen molar-refractivity contribution in [3.8, 4) is 5.75 Å². The van der Waals surface area contributed by atoms with Crippen molar-refractivity contribution in [3.05, 3.63) is 27.7 Å². The third-order valence-corrected chi connectivity index (χ3v) is 5.34. The second kappa shape index (κ2) is 6.79. The molecule has 2 N–H and O–H groups in total. The molecule has 0 radical (unpaired) electrons. The number of rotatable bonds is 5. The Bertz CT molecular complexity index is 603. The third kappa shape index (κ3) is 3.12. The highest BCUT2D eigenvalue weighted by molar-refractivity contribution is 9.10. The molecule has 0 aromatic heterocycles. The van der Waals surface area contributed by atoms with E-state index in [1.54, 1.807) is 0 Å². The monoisotopic (exact) mass is 384 g/mol. The standard InChI is InChI=1S/C17H21BrO5/c1-22-15(21)4-2-3-9-5-10(18)6-11-16-12(8-19)13(20)7-14(16)23-17(9)11/h5-6,12-14,16,19-20H,2-4,7-8H2,1H3/t12-,13+,14-,16+/m0/s1. The summed E-state index contributed by atoms with van der Waals surface area (Å²) < 4.78 is 11.7. The summed E-state index contributed by atoms with van der Waals surface area (Å²) in [6, 6.07) is 4.03. The van der Waals surface area contributed by atoms with Gasteiger partial charge in [0.25, 0.3) is 0 Å². The number of aliphatic hydroxyl groups excluding tert-OH is 2. The maximum Gasteiger partial charge on any atom is 0.305 e. The molecule has 1 aliphatic heterocycles. The van der Waals surface area contributed by atoms with E-state index >= 15 is 0 Å². The number of carbonyl (C=O) groups is 1. The SMILES string of the molecule is COC(=O)CCCc1cc(Br)cc2c1O[C@H]1C[C@@H](O)[C@H](CO)[C@@H]21. The molecule has 1 aliphatic carbocycles. The van der Waals surface area contributed by atoms with Crippen molar-refractivity contribution in [2.75, 3.05) is 13.7 Å². The van der Waals surface area contributed by atoms with Gasteiger partial charge in [-0.2, -0.15) is 0 Å². The summed E-state index contributed by atoms with van der Waals surface area (Å²) in [7, 11) is 1.39. The largest absolute Gasteiger partial charge is 0.489 e. The summed E-state index contributed by atoms with van der Waals surface area (Å²) in [6.45, 7) is -0.0463. The zero-order valence-corrected chi connectivity index (χ0v) is 14.6. The fourth-order valence-electron chi connectivity index (χ4n) is 3.79. The first-order valence-corrected chi connectivity index (χ1v) is 8.69. The Kier molecular flexibility index (Phi) is 4.94. The van der Waals surface area contributed by atoms with Crippen LogP contribution >= 0.6 is 15.9 Å². The number of benzene rings is 1. The van der Waals surface area contributed by atoms with E-state index in [1.165, 1.54) is 7.11 Å². The van der Waals surface area contributed by atoms with Crippen molar-refractivity contribution in [2.24, 2.45) is 5.92 Å². The predicted molar refractivity (Wildman–Crippen MR) is 87.5 cm³/mol. The van der Waals surface area contributed by atoms with Crippen LogP contribution in [-0.4, -0.2) is 42.1 Å². The summed E-state index contributed by atoms with van der Waals surface area (Å²) >= 11 is 3.53. The minimum atomic E-state index is -0.523. The van der Waals surface area contributed by atoms with Gasteiger partial charge in [0.2, 0.25) is 0 Å². The normalized spacial score (nSPS) is 28.2. The second-order valence-electron chi connectivity index (χ2n) is 6.24. The van der Waals surface area contributed by atoms with Crippen LogP contribution in [0.2, 0.25) is 0 Å². The van der Waals surface area contributed by atoms with Crippen LogP contribution in [0.15, 0.2) is 16.6 Å². The van der Waals surface area contributed by atoms with Crippen LogP contribution < -0.4 is 4.74 Å². The zero-order valence-electron chi connectivity index (χ0n) is 13.0. The maximum atomic E-state index is 11.3. The number of halogens is 1. The van der Waals surface area contributed by atoms with Gasteiger partial charge in [0.15, 0.2) is 0 Å². The number of hydrogen-bond donors (Lipinski definition) is 2. The quantitative estimate of drug-likeness (QED) is 0.760. The van der Waals surface area contributed by atoms with Gasteiger partial charge in [-0.3, -0.25) is 4.79 Å². The molecule has 1 aromatic carbocycles. The molecule has 1 aromatic rings. The van der Waals surface area contributed by atoms with Crippen molar-refractivity contribution < 1.29 is 24.5 Å². The van der Waals surface area contributed by atoms with Gasteiger partial charge in [-0.15, -0.1) is 0 Å². The van der Waals surface area contributed by atoms with Crippen molar-refractivity contribution in [2.45, 2.75) is 43.8 Å². The molecule has 1 fully saturated rings. The number of hydrogen-bond acceptors (Lipinski definition) is 5. The first kappa shape index (κ1) is 16.7. The lowest BCUT2D eigenvalue weighted by Crippen LogP contribution is -2.22. The Morgan fingerprint density at radius 2 is 2.26 bits per heavy atom. The molecule has 0 amide bonds. The van der Waals surface area contributed by atoms with Crippen LogP contribution in [0.25, 0.3) is 0 Å². The predicted octanol–water partition coefficient (Wildman–Crippen LogP) is 2.16. The molecule has 0 saturated heterocycles. The van der Waals surface area contributed by atoms with Crippen LogP contribution in [0.5, 0.6) is 5.75 Å². The van der Waals surface area contributed by atoms with E-state index in [0.717, 1.165) is 27.8 Å². The highest BCUT2D eigenvalue weighted by Gasteiger charge is 2.49. The number of aliphatic hydroxyl groups is 2. The van der Waals surface area contributed by atoms with E-state index in [0.29, 0.717) is 19.3 Å². The summed E-state index contributed by atoms with van der Waals surface area (Å²) in [4.78, 5) is 11.3. The summed E-state index contributed by atoms with van der Waals surface area (Å²) in [6.07, 6.45) is 1.74. The molecule has 3 rings (SSSR count). The summed E-state index contributed by atoms with van der Waals surface area (Å²) in [5.41, 5.74) is 2.10. The highest BCUT2D eigenvalue weighted by Crippen LogP contribution is 2.52. The van der Waals surface area contributed by atoms with Crippen LogP contribution in [0.3, 0.4) is 0 Å². The van der Waals surface area contributed by atoms with Crippen molar-refractivity contribution >= 4 is 21.9 Å². The van der Waals surface area contributed by atoms with Crippen LogP contribution in [0, 0.1) is 5.92 Å². The van der Waals surface area contributed by atoms with Crippen molar-refractivity contribution in [1.82, 2.24) is 0 Å². The molecular weight excluding hydrogens is 364 g/mol. The van der Waals surface area contributed by atoms with Gasteiger partial charge in [-0.25, -0.2) is 0 Å². The molecule has 0 bridgehead atoms. The first-order valence-electron chi connectivity index (χ1n) is 7.89. The number of methoxy groups -OCH3 is 1. The van der Waals surface area contributed by atoms with Gasteiger partial charge in [0, 0.05) is 41.3 Å². The Labute approximate surface area is 143 Å². The van der Waals surface area contributed by atoms with E-state index in [1.807, 2.05) is 12.1 Å². The second-order valence-corrected chi connectivity index (χ2v) is 7.16. The fourth-order valence-corrected chi connectivity index (χ4v) is 4.31. The van der Waals surface area contributed by atoms with E-state index in [2.05, 4.69) is 20.7 Å². The summed E-state index contributed by atoms with van der Waals surface area (Å²) in [5, 5.41) is 19.7. The first-order chi connectivity index (χ1) is 11.0. The molecule has 4 atom stereocenters. The van der Waals surface area contributed by atoms with Gasteiger partial charge in [0.05, 0.1) is 13.2 Å². The molecular formula is C17H21BrO5. The van der Waals surface area contributed by atoms with Crippen molar-refractivity contribution in [1.29, 1.82) is 0 Å². The number of aryl methyl sites for hydroxylation is 1. The smallest absolute Gasteiger partial charge is 0.305 e. The average molecular weight is 385 g/mol. The molecule has 0 unspecified atom stereocenters. The van der Waals surface area contributed by atoms with Gasteiger partial charge in [-0.05, 0) is 30.5 Å². The van der Waals surface area contributed by atoms with Gasteiger partial charge >= 0.3 is 5.97 Å². The molecule has 1 saturated carbocycles. The maximum absolute atomic E-state index is 11.3. The van der Waals surface area contributed by atoms with E-state index < -0.39 is 6.10 Å². The molecule has 126 valence electrons. The fraction of sp³-hybridized carbons (Fsp3) is 0.588. The number of esters is 1. The highest BCUT2D eigenvalue weighted by atomic mass is 79.9. The molecule has 6 heteroatoms. The lowest BCUT2D eigenvalue weighted by Gasteiger charge is -2.18. The average Bonchev–Trinajstić information content (AvgIpc) is 3.01. The lowest BCUT2D eigenvalue weighted by atomic mass is 9.87. The van der Waals surface area contributed by atoms with Crippen LogP contribution in [0.1, 0.15) is 36.3 Å². The Balaban J connectivity index is 1.83. The summed E-state index contributed by atoms with van der Waals surface area (Å²) in [5.74, 6) is 0.497. The van der Waals surface area contributed by atoms with E-state index in [-0.39, 0.29) is 30.5 Å². The number of fused-ring (bicyclic) bond motifs is 3. The minimum Gasteiger partial charge on any atom is -0.489 e. The van der Waals surface area contributed by atoms with Gasteiger partial charge in [-0.1, -0.05) is 15.9 Å². The zero-order chi connectivity index (χ0) is 16.6. The molecule has 5 nitrogen and oxygen atoms in total. The number of ether oxygens (including phenoxy) is 2. The van der Waals surface area contributed by atoms with Gasteiger partial charge < -0.3 is 19.7 Å². The Morgan fingerprint density at radius 3 is 2.96 bits per heavy atom. The lowest BCUT2D eigenvalue weighted by molar-refractivity contribution is -0.140. The third-order valence-electron chi connectivity index (χ3n) is 4.88. The Hall–Kier alpha value is -1.11. The molecule has 2 aliphatic rings. The molecule has 23 heavy (non-hydrogen) atoms. The van der Waals surface area contributed by atoms with Gasteiger partial charge in [0.1, 0.15) is 11.9 Å². The number of carbonyl (C=O) groups excluding carboxylic acids is 1. The van der Waals surface area contributed by atoms with E-state index in [4.69, 9.17) is 4.74 Å².